The molecule has 0 saturated carbocycles. The van der Waals surface area contributed by atoms with Gasteiger partial charge in [-0.25, -0.2) is 0 Å². The topological polar surface area (TPSA) is 83.9 Å². The van der Waals surface area contributed by atoms with Gasteiger partial charge in [0.15, 0.2) is 11.5 Å². The molecule has 6 nitrogen and oxygen atoms in total. The van der Waals surface area contributed by atoms with Crippen LogP contribution in [0.25, 0.3) is 11.0 Å². The number of amides is 1. The number of benzene rings is 2. The molecule has 0 aliphatic carbocycles. The van der Waals surface area contributed by atoms with E-state index >= 15 is 0 Å². The number of aryl methyl sites for hydroxylation is 1. The lowest BCUT2D eigenvalue weighted by Gasteiger charge is -2.24. The molecule has 2 aromatic heterocycles. The number of carbonyl (C=O) groups is 2. The molecular weight excluding hydrogens is 394 g/mol. The summed E-state index contributed by atoms with van der Waals surface area (Å²) in [7, 11) is 0. The SMILES string of the molecule is Cc1ccc(C2C(C(=O)c3cc4ccccc4o3)=C(O)C(=O)N2Cc2ccccc2)o1. The zero-order valence-corrected chi connectivity index (χ0v) is 16.7. The van der Waals surface area contributed by atoms with Gasteiger partial charge < -0.3 is 18.8 Å². The molecule has 6 heteroatoms. The van der Waals surface area contributed by atoms with Crippen LogP contribution in [0.3, 0.4) is 0 Å². The van der Waals surface area contributed by atoms with Gasteiger partial charge in [-0.05, 0) is 36.8 Å². The average Bonchev–Trinajstić information content (AvgIpc) is 3.46. The zero-order valence-electron chi connectivity index (χ0n) is 16.7. The van der Waals surface area contributed by atoms with Gasteiger partial charge in [-0.15, -0.1) is 0 Å². The van der Waals surface area contributed by atoms with Crippen LogP contribution in [-0.2, 0) is 11.3 Å². The molecule has 154 valence electrons. The monoisotopic (exact) mass is 413 g/mol. The van der Waals surface area contributed by atoms with E-state index in [0.717, 1.165) is 10.9 Å². The standard InChI is InChI=1S/C25H19NO5/c1-15-11-12-19(30-15)22-21(23(27)20-13-17-9-5-6-10-18(17)31-20)24(28)25(29)26(22)14-16-7-3-2-4-8-16/h2-13,22,28H,14H2,1H3. The first-order chi connectivity index (χ1) is 15.0. The van der Waals surface area contributed by atoms with E-state index < -0.39 is 23.5 Å². The third-order valence-corrected chi connectivity index (χ3v) is 5.42. The van der Waals surface area contributed by atoms with Crippen LogP contribution >= 0.6 is 0 Å². The smallest absolute Gasteiger partial charge is 0.290 e. The lowest BCUT2D eigenvalue weighted by Crippen LogP contribution is -2.30. The van der Waals surface area contributed by atoms with E-state index in [4.69, 9.17) is 8.83 Å². The summed E-state index contributed by atoms with van der Waals surface area (Å²) in [5.74, 6) is -0.640. The minimum Gasteiger partial charge on any atom is -0.503 e. The third kappa shape index (κ3) is 3.22. The molecule has 5 rings (SSSR count). The van der Waals surface area contributed by atoms with Gasteiger partial charge in [-0.1, -0.05) is 48.5 Å². The molecule has 1 atom stereocenters. The van der Waals surface area contributed by atoms with Crippen molar-refractivity contribution in [3.05, 3.63) is 107 Å². The number of furan rings is 2. The number of ketones is 1. The molecule has 3 heterocycles. The molecule has 0 spiro atoms. The van der Waals surface area contributed by atoms with Gasteiger partial charge in [0, 0.05) is 11.9 Å². The normalized spacial score (nSPS) is 16.5. The second-order valence-electron chi connectivity index (χ2n) is 7.51. The molecule has 31 heavy (non-hydrogen) atoms. The van der Waals surface area contributed by atoms with E-state index in [1.54, 1.807) is 31.2 Å². The van der Waals surface area contributed by atoms with Gasteiger partial charge in [0.2, 0.25) is 5.78 Å². The number of rotatable bonds is 5. The Hall–Kier alpha value is -4.06. The maximum Gasteiger partial charge on any atom is 0.290 e. The number of hydrogen-bond donors (Lipinski definition) is 1. The Kier molecular flexibility index (Phi) is 4.47. The Bertz CT molecular complexity index is 1300. The quantitative estimate of drug-likeness (QED) is 0.460. The summed E-state index contributed by atoms with van der Waals surface area (Å²) in [6.45, 7) is 2.00. The summed E-state index contributed by atoms with van der Waals surface area (Å²) >= 11 is 0. The van der Waals surface area contributed by atoms with Crippen molar-refractivity contribution in [1.29, 1.82) is 0 Å². The lowest BCUT2D eigenvalue weighted by molar-refractivity contribution is -0.130. The van der Waals surface area contributed by atoms with Crippen molar-refractivity contribution >= 4 is 22.7 Å². The number of aliphatic hydroxyl groups is 1. The number of nitrogens with zero attached hydrogens (tertiary/aromatic N) is 1. The molecule has 0 bridgehead atoms. The molecule has 2 aromatic carbocycles. The fourth-order valence-corrected chi connectivity index (χ4v) is 3.95. The molecule has 1 N–H and O–H groups in total. The number of para-hydroxylation sites is 1. The minimum absolute atomic E-state index is 0.0469. The Labute approximate surface area is 178 Å². The predicted octanol–water partition coefficient (Wildman–Crippen LogP) is 5.11. The van der Waals surface area contributed by atoms with Crippen LogP contribution in [0.4, 0.5) is 0 Å². The third-order valence-electron chi connectivity index (χ3n) is 5.42. The van der Waals surface area contributed by atoms with E-state index in [9.17, 15) is 14.7 Å². The van der Waals surface area contributed by atoms with Gasteiger partial charge in [0.05, 0.1) is 5.57 Å². The highest BCUT2D eigenvalue weighted by Crippen LogP contribution is 2.41. The summed E-state index contributed by atoms with van der Waals surface area (Å²) in [5.41, 5.74) is 1.38. The second-order valence-corrected chi connectivity index (χ2v) is 7.51. The van der Waals surface area contributed by atoms with Crippen LogP contribution in [0.15, 0.2) is 93.0 Å². The first-order valence-electron chi connectivity index (χ1n) is 9.90. The van der Waals surface area contributed by atoms with Gasteiger partial charge in [-0.2, -0.15) is 0 Å². The molecular formula is C25H19NO5. The number of fused-ring (bicyclic) bond motifs is 1. The molecule has 4 aromatic rings. The Morgan fingerprint density at radius 1 is 1.00 bits per heavy atom. The van der Waals surface area contributed by atoms with E-state index in [0.29, 0.717) is 17.1 Å². The van der Waals surface area contributed by atoms with Gasteiger partial charge in [-0.3, -0.25) is 9.59 Å². The van der Waals surface area contributed by atoms with Gasteiger partial charge in [0.1, 0.15) is 23.1 Å². The number of hydrogen-bond acceptors (Lipinski definition) is 5. The summed E-state index contributed by atoms with van der Waals surface area (Å²) in [6.07, 6.45) is 0. The highest BCUT2D eigenvalue weighted by molar-refractivity contribution is 6.15. The highest BCUT2D eigenvalue weighted by Gasteiger charge is 2.46. The van der Waals surface area contributed by atoms with Crippen molar-refractivity contribution in [2.45, 2.75) is 19.5 Å². The highest BCUT2D eigenvalue weighted by atomic mass is 16.4. The van der Waals surface area contributed by atoms with Gasteiger partial charge in [0.25, 0.3) is 5.91 Å². The van der Waals surface area contributed by atoms with Crippen molar-refractivity contribution in [2.75, 3.05) is 0 Å². The number of Topliss-reactive ketones (excluding diaryl/α,β-unsaturated/α-hetero) is 1. The minimum atomic E-state index is -0.859. The van der Waals surface area contributed by atoms with Gasteiger partial charge >= 0.3 is 0 Å². The van der Waals surface area contributed by atoms with Crippen LogP contribution in [0.2, 0.25) is 0 Å². The van der Waals surface area contributed by atoms with Crippen molar-refractivity contribution in [3.8, 4) is 0 Å². The number of carbonyl (C=O) groups excluding carboxylic acids is 2. The van der Waals surface area contributed by atoms with Crippen LogP contribution in [0.1, 0.15) is 33.7 Å². The van der Waals surface area contributed by atoms with Crippen molar-refractivity contribution < 1.29 is 23.5 Å². The maximum absolute atomic E-state index is 13.4. The van der Waals surface area contributed by atoms with Crippen molar-refractivity contribution in [2.24, 2.45) is 0 Å². The Morgan fingerprint density at radius 2 is 1.74 bits per heavy atom. The van der Waals surface area contributed by atoms with Crippen LogP contribution in [0, 0.1) is 6.92 Å². The van der Waals surface area contributed by atoms with Crippen LogP contribution in [0.5, 0.6) is 0 Å². The van der Waals surface area contributed by atoms with E-state index in [-0.39, 0.29) is 17.9 Å². The van der Waals surface area contributed by atoms with Crippen molar-refractivity contribution in [1.82, 2.24) is 4.90 Å². The summed E-state index contributed by atoms with van der Waals surface area (Å²) in [5, 5.41) is 11.5. The molecule has 1 unspecified atom stereocenters. The Balaban J connectivity index is 1.59. The summed E-state index contributed by atoms with van der Waals surface area (Å²) in [6, 6.07) is 20.9. The summed E-state index contributed by atoms with van der Waals surface area (Å²) < 4.78 is 11.5. The zero-order chi connectivity index (χ0) is 21.5. The van der Waals surface area contributed by atoms with Crippen LogP contribution < -0.4 is 0 Å². The van der Waals surface area contributed by atoms with Crippen LogP contribution in [-0.4, -0.2) is 21.7 Å². The first kappa shape index (κ1) is 18.9. The second kappa shape index (κ2) is 7.32. The summed E-state index contributed by atoms with van der Waals surface area (Å²) in [4.78, 5) is 27.9. The molecule has 1 aliphatic heterocycles. The lowest BCUT2D eigenvalue weighted by atomic mass is 9.99. The molecule has 1 amide bonds. The molecule has 0 radical (unpaired) electrons. The average molecular weight is 413 g/mol. The van der Waals surface area contributed by atoms with E-state index in [1.807, 2.05) is 48.5 Å². The number of aliphatic hydroxyl groups excluding tert-OH is 1. The fraction of sp³-hybridized carbons (Fsp3) is 0.120. The Morgan fingerprint density at radius 3 is 2.45 bits per heavy atom. The molecule has 0 fully saturated rings. The van der Waals surface area contributed by atoms with E-state index in [1.165, 1.54) is 4.90 Å². The maximum atomic E-state index is 13.4. The predicted molar refractivity (Wildman–Crippen MR) is 113 cm³/mol. The fourth-order valence-electron chi connectivity index (χ4n) is 3.95. The van der Waals surface area contributed by atoms with Crippen molar-refractivity contribution in [3.63, 3.8) is 0 Å². The largest absolute Gasteiger partial charge is 0.503 e. The molecule has 0 saturated heterocycles. The van der Waals surface area contributed by atoms with E-state index in [2.05, 4.69) is 0 Å². The molecule has 1 aliphatic rings. The first-order valence-corrected chi connectivity index (χ1v) is 9.90.